The Hall–Kier alpha value is -2.61. The number of thioether (sulfide) groups is 1. The molecule has 6 rings (SSSR count). The number of hydrogen-bond donors (Lipinski definition) is 4. The minimum atomic E-state index is -1.29. The van der Waals surface area contributed by atoms with Gasteiger partial charge in [0.25, 0.3) is 0 Å². The highest BCUT2D eigenvalue weighted by molar-refractivity contribution is 7.99. The molecule has 47 heavy (non-hydrogen) atoms. The minimum absolute atomic E-state index is 0.0136. The van der Waals surface area contributed by atoms with Crippen molar-refractivity contribution in [3.8, 4) is 5.75 Å². The summed E-state index contributed by atoms with van der Waals surface area (Å²) < 4.78 is 46.4. The number of nitrogens with zero attached hydrogens (tertiary/aromatic N) is 1. The van der Waals surface area contributed by atoms with Crippen molar-refractivity contribution < 1.29 is 38.3 Å². The Morgan fingerprint density at radius 2 is 1.74 bits per heavy atom. The summed E-state index contributed by atoms with van der Waals surface area (Å²) >= 11 is 1.30. The number of benzene rings is 3. The van der Waals surface area contributed by atoms with E-state index in [1.54, 1.807) is 6.26 Å². The predicted molar refractivity (Wildman–Crippen MR) is 176 cm³/mol. The van der Waals surface area contributed by atoms with Crippen LogP contribution in [0.1, 0.15) is 59.8 Å². The average molecular weight is 671 g/mol. The molecule has 3 aromatic rings. The zero-order valence-electron chi connectivity index (χ0n) is 26.7. The van der Waals surface area contributed by atoms with Crippen molar-refractivity contribution in [1.82, 2.24) is 4.90 Å². The van der Waals surface area contributed by atoms with Crippen molar-refractivity contribution in [2.75, 3.05) is 26.0 Å². The van der Waals surface area contributed by atoms with E-state index >= 15 is 0 Å². The first-order valence-corrected chi connectivity index (χ1v) is 17.6. The number of aryl methyl sites for hydroxylation is 1. The SMILES string of the molecule is CCc1ccc([C@@H]2O[C@H](SC)[C@@H](O)[C@H](O)[C@H]2O)cc1Cc1ccc(O[C@@H]2CCN([C@H]3CO[C@H](c4cc(F)ccc4F)[C@@H](N)C3)C2)cc1. The monoisotopic (exact) mass is 670 g/mol. The summed E-state index contributed by atoms with van der Waals surface area (Å²) in [7, 11) is 0. The van der Waals surface area contributed by atoms with Crippen molar-refractivity contribution in [3.05, 3.63) is 100 Å². The van der Waals surface area contributed by atoms with E-state index in [-0.39, 0.29) is 17.7 Å². The zero-order valence-corrected chi connectivity index (χ0v) is 27.5. The van der Waals surface area contributed by atoms with E-state index in [2.05, 4.69) is 24.0 Å². The van der Waals surface area contributed by atoms with Gasteiger partial charge in [0, 0.05) is 30.7 Å². The highest BCUT2D eigenvalue weighted by Gasteiger charge is 2.44. The van der Waals surface area contributed by atoms with Gasteiger partial charge in [-0.25, -0.2) is 8.78 Å². The summed E-state index contributed by atoms with van der Waals surface area (Å²) in [4.78, 5) is 2.31. The van der Waals surface area contributed by atoms with Crippen LogP contribution < -0.4 is 10.5 Å². The quantitative estimate of drug-likeness (QED) is 0.265. The van der Waals surface area contributed by atoms with Crippen LogP contribution in [0, 0.1) is 11.6 Å². The largest absolute Gasteiger partial charge is 0.489 e. The molecule has 5 N–H and O–H groups in total. The van der Waals surface area contributed by atoms with E-state index in [4.69, 9.17) is 19.9 Å². The molecule has 0 unspecified atom stereocenters. The lowest BCUT2D eigenvalue weighted by Gasteiger charge is -2.40. The second-order valence-electron chi connectivity index (χ2n) is 12.8. The second-order valence-corrected chi connectivity index (χ2v) is 13.8. The lowest BCUT2D eigenvalue weighted by atomic mass is 9.90. The van der Waals surface area contributed by atoms with Gasteiger partial charge in [-0.1, -0.05) is 37.3 Å². The third-order valence-corrected chi connectivity index (χ3v) is 10.6. The lowest BCUT2D eigenvalue weighted by Crippen LogP contribution is -2.52. The number of halogens is 2. The topological polar surface area (TPSA) is 118 Å². The van der Waals surface area contributed by atoms with Crippen molar-refractivity contribution >= 4 is 11.8 Å². The Labute approximate surface area is 278 Å². The molecular formula is C36H44F2N2O6S. The molecule has 0 bridgehead atoms. The van der Waals surface area contributed by atoms with E-state index in [9.17, 15) is 24.1 Å². The standard InChI is InChI=1S/C36H44F2N2O6S/c1-3-21-6-7-22(34-32(42)31(41)33(43)36(46-34)47-2)15-23(21)14-20-4-9-26(10-5-20)45-27-12-13-40(18-27)25-17-30(39)35(44-19-25)28-16-24(37)8-11-29(28)38/h4-11,15-16,25,27,30-36,41-43H,3,12-14,17-19,39H2,1-2H3/t25-,27-,30+,31-,32-,33+,34+,35-,36-/m1/s1. The van der Waals surface area contributed by atoms with Gasteiger partial charge in [0.05, 0.1) is 6.61 Å². The number of aliphatic hydroxyl groups excluding tert-OH is 3. The molecule has 0 aliphatic carbocycles. The van der Waals surface area contributed by atoms with Crippen LogP contribution in [0.25, 0.3) is 0 Å². The van der Waals surface area contributed by atoms with E-state index in [1.165, 1.54) is 23.4 Å². The summed E-state index contributed by atoms with van der Waals surface area (Å²) in [6.07, 6.45) is -0.289. The Morgan fingerprint density at radius 1 is 0.957 bits per heavy atom. The van der Waals surface area contributed by atoms with Crippen molar-refractivity contribution in [2.24, 2.45) is 5.73 Å². The van der Waals surface area contributed by atoms with E-state index in [0.717, 1.165) is 60.5 Å². The molecule has 0 radical (unpaired) electrons. The molecule has 3 saturated heterocycles. The highest BCUT2D eigenvalue weighted by Crippen LogP contribution is 2.37. The normalized spacial score (nSPS) is 31.6. The minimum Gasteiger partial charge on any atom is -0.489 e. The van der Waals surface area contributed by atoms with Crippen LogP contribution >= 0.6 is 11.8 Å². The Bertz CT molecular complexity index is 1510. The second kappa shape index (κ2) is 14.9. The Morgan fingerprint density at radius 3 is 2.47 bits per heavy atom. The molecule has 0 saturated carbocycles. The molecule has 0 amide bonds. The maximum absolute atomic E-state index is 14.3. The molecule has 3 aromatic carbocycles. The van der Waals surface area contributed by atoms with Gasteiger partial charge in [0.15, 0.2) is 0 Å². The summed E-state index contributed by atoms with van der Waals surface area (Å²) in [5.41, 5.74) is 10.1. The first-order chi connectivity index (χ1) is 22.6. The van der Waals surface area contributed by atoms with Gasteiger partial charge < -0.3 is 35.3 Å². The Balaban J connectivity index is 1.05. The average Bonchev–Trinajstić information content (AvgIpc) is 3.54. The molecule has 8 nitrogen and oxygen atoms in total. The van der Waals surface area contributed by atoms with Gasteiger partial charge >= 0.3 is 0 Å². The molecule has 0 aromatic heterocycles. The van der Waals surface area contributed by atoms with Gasteiger partial charge in [0.2, 0.25) is 0 Å². The molecule has 9 atom stereocenters. The smallest absolute Gasteiger partial charge is 0.132 e. The molecular weight excluding hydrogens is 626 g/mol. The number of likely N-dealkylation sites (tertiary alicyclic amines) is 1. The predicted octanol–water partition coefficient (Wildman–Crippen LogP) is 4.27. The molecule has 3 fully saturated rings. The van der Waals surface area contributed by atoms with Crippen molar-refractivity contribution in [1.29, 1.82) is 0 Å². The molecule has 3 heterocycles. The van der Waals surface area contributed by atoms with Crippen LogP contribution in [0.15, 0.2) is 60.7 Å². The molecule has 254 valence electrons. The number of rotatable bonds is 9. The number of nitrogens with two attached hydrogens (primary N) is 1. The maximum Gasteiger partial charge on any atom is 0.132 e. The number of hydrogen-bond acceptors (Lipinski definition) is 9. The van der Waals surface area contributed by atoms with E-state index in [0.29, 0.717) is 19.4 Å². The van der Waals surface area contributed by atoms with Crippen LogP contribution in [-0.4, -0.2) is 88.1 Å². The summed E-state index contributed by atoms with van der Waals surface area (Å²) in [5, 5.41) is 31.4. The van der Waals surface area contributed by atoms with Crippen molar-refractivity contribution in [2.45, 2.75) is 86.8 Å². The first kappa shape index (κ1) is 34.3. The number of aliphatic hydroxyl groups is 3. The first-order valence-electron chi connectivity index (χ1n) is 16.3. The van der Waals surface area contributed by atoms with Gasteiger partial charge in [-0.2, -0.15) is 0 Å². The summed E-state index contributed by atoms with van der Waals surface area (Å²) in [5.74, 6) is -0.228. The maximum atomic E-state index is 14.3. The third kappa shape index (κ3) is 7.52. The van der Waals surface area contributed by atoms with Crippen LogP contribution in [0.4, 0.5) is 8.78 Å². The highest BCUT2D eigenvalue weighted by atomic mass is 32.2. The lowest BCUT2D eigenvalue weighted by molar-refractivity contribution is -0.200. The fourth-order valence-corrected chi connectivity index (χ4v) is 7.75. The Kier molecular flexibility index (Phi) is 10.8. The van der Waals surface area contributed by atoms with Crippen LogP contribution in [0.3, 0.4) is 0 Å². The van der Waals surface area contributed by atoms with Crippen molar-refractivity contribution in [3.63, 3.8) is 0 Å². The van der Waals surface area contributed by atoms with Crippen LogP contribution in [0.5, 0.6) is 5.75 Å². The molecule has 0 spiro atoms. The van der Waals surface area contributed by atoms with Gasteiger partial charge in [-0.3, -0.25) is 4.90 Å². The van der Waals surface area contributed by atoms with Gasteiger partial charge in [-0.15, -0.1) is 11.8 Å². The van der Waals surface area contributed by atoms with Crippen LogP contribution in [0.2, 0.25) is 0 Å². The molecule has 3 aliphatic heterocycles. The van der Waals surface area contributed by atoms with E-state index in [1.807, 2.05) is 30.3 Å². The summed E-state index contributed by atoms with van der Waals surface area (Å²) in [6, 6.07) is 17.1. The third-order valence-electron chi connectivity index (χ3n) is 9.72. The van der Waals surface area contributed by atoms with E-state index < -0.39 is 53.6 Å². The molecule has 3 aliphatic rings. The van der Waals surface area contributed by atoms with Gasteiger partial charge in [0.1, 0.15) is 59.4 Å². The molecule has 11 heteroatoms. The van der Waals surface area contributed by atoms with Gasteiger partial charge in [-0.05, 0) is 84.5 Å². The zero-order chi connectivity index (χ0) is 33.2. The number of ether oxygens (including phenoxy) is 3. The summed E-state index contributed by atoms with van der Waals surface area (Å²) in [6.45, 7) is 4.06. The van der Waals surface area contributed by atoms with Crippen LogP contribution in [-0.2, 0) is 22.3 Å². The fourth-order valence-electron chi connectivity index (χ4n) is 7.08. The fraction of sp³-hybridized carbons (Fsp3) is 0.500.